The highest BCUT2D eigenvalue weighted by Gasteiger charge is 2.39. The van der Waals surface area contributed by atoms with Gasteiger partial charge < -0.3 is 19.5 Å². The lowest BCUT2D eigenvalue weighted by molar-refractivity contribution is -0.156. The highest BCUT2D eigenvalue weighted by atomic mass is 16.7. The van der Waals surface area contributed by atoms with Gasteiger partial charge in [0.05, 0.1) is 13.2 Å². The highest BCUT2D eigenvalue weighted by molar-refractivity contribution is 5.93. The van der Waals surface area contributed by atoms with Crippen LogP contribution in [0, 0.1) is 11.8 Å². The SMILES string of the molecule is O=C(C1=C[C@H](C2CC2)C[C@H](OCc2ccc(CO)cc2)O1)N1CC1. The number of nitrogens with zero attached hydrogens (tertiary/aromatic N) is 1. The Balaban J connectivity index is 1.39. The topological polar surface area (TPSA) is 58.8 Å². The molecule has 3 aliphatic rings. The molecule has 1 saturated carbocycles. The summed E-state index contributed by atoms with van der Waals surface area (Å²) in [6, 6.07) is 7.68. The molecule has 1 amide bonds. The first-order valence-electron chi connectivity index (χ1n) is 8.71. The summed E-state index contributed by atoms with van der Waals surface area (Å²) in [5, 5.41) is 9.09. The van der Waals surface area contributed by atoms with Gasteiger partial charge in [-0.05, 0) is 41.9 Å². The van der Waals surface area contributed by atoms with Gasteiger partial charge in [0.2, 0.25) is 6.29 Å². The van der Waals surface area contributed by atoms with E-state index in [2.05, 4.69) is 0 Å². The monoisotopic (exact) mass is 329 g/mol. The summed E-state index contributed by atoms with van der Waals surface area (Å²) in [7, 11) is 0. The first-order valence-corrected chi connectivity index (χ1v) is 8.71. The average molecular weight is 329 g/mol. The van der Waals surface area contributed by atoms with Crippen molar-refractivity contribution in [1.82, 2.24) is 4.90 Å². The third kappa shape index (κ3) is 3.62. The lowest BCUT2D eigenvalue weighted by atomic mass is 9.96. The zero-order valence-corrected chi connectivity index (χ0v) is 13.7. The maximum atomic E-state index is 12.3. The van der Waals surface area contributed by atoms with E-state index in [1.54, 1.807) is 4.90 Å². The van der Waals surface area contributed by atoms with Gasteiger partial charge in [0.25, 0.3) is 5.91 Å². The van der Waals surface area contributed by atoms with Crippen LogP contribution in [0.1, 0.15) is 30.4 Å². The number of rotatable bonds is 6. The molecule has 24 heavy (non-hydrogen) atoms. The molecule has 2 aliphatic heterocycles. The predicted octanol–water partition coefficient (Wildman–Crippen LogP) is 2.19. The minimum atomic E-state index is -0.364. The molecule has 0 bridgehead atoms. The van der Waals surface area contributed by atoms with Gasteiger partial charge in [-0.1, -0.05) is 24.3 Å². The second-order valence-electron chi connectivity index (χ2n) is 6.89. The molecule has 0 aromatic heterocycles. The molecule has 2 fully saturated rings. The lowest BCUT2D eigenvalue weighted by Gasteiger charge is -2.29. The standard InChI is InChI=1S/C19H23NO4/c21-11-13-1-3-14(4-2-13)12-23-18-10-16(15-5-6-15)9-17(24-18)19(22)20-7-8-20/h1-4,9,15-16,18,21H,5-8,10-12H2/t16-,18+/m0/s1. The molecule has 4 rings (SSSR count). The Labute approximate surface area is 141 Å². The number of allylic oxidation sites excluding steroid dienone is 1. The van der Waals surface area contributed by atoms with Crippen molar-refractivity contribution in [3.63, 3.8) is 0 Å². The lowest BCUT2D eigenvalue weighted by Crippen LogP contribution is -2.30. The molecule has 2 atom stereocenters. The average Bonchev–Trinajstić information content (AvgIpc) is 3.51. The van der Waals surface area contributed by atoms with E-state index in [9.17, 15) is 4.79 Å². The van der Waals surface area contributed by atoms with Crippen LogP contribution in [0.25, 0.3) is 0 Å². The molecular weight excluding hydrogens is 306 g/mol. The second-order valence-corrected chi connectivity index (χ2v) is 6.89. The predicted molar refractivity (Wildman–Crippen MR) is 87.5 cm³/mol. The molecule has 1 aromatic rings. The molecule has 0 spiro atoms. The zero-order valence-electron chi connectivity index (χ0n) is 13.7. The summed E-state index contributed by atoms with van der Waals surface area (Å²) >= 11 is 0. The number of ether oxygens (including phenoxy) is 2. The van der Waals surface area contributed by atoms with E-state index in [-0.39, 0.29) is 18.8 Å². The van der Waals surface area contributed by atoms with Gasteiger partial charge in [0, 0.05) is 19.5 Å². The van der Waals surface area contributed by atoms with Gasteiger partial charge >= 0.3 is 0 Å². The molecule has 1 N–H and O–H groups in total. The van der Waals surface area contributed by atoms with E-state index >= 15 is 0 Å². The Bertz CT molecular complexity index is 631. The summed E-state index contributed by atoms with van der Waals surface area (Å²) in [6.07, 6.45) is 4.95. The molecule has 1 saturated heterocycles. The van der Waals surface area contributed by atoms with Crippen LogP contribution >= 0.6 is 0 Å². The summed E-state index contributed by atoms with van der Waals surface area (Å²) in [5.74, 6) is 1.54. The number of carbonyl (C=O) groups is 1. The Hall–Kier alpha value is -1.85. The summed E-state index contributed by atoms with van der Waals surface area (Å²) in [4.78, 5) is 14.1. The molecule has 2 heterocycles. The Morgan fingerprint density at radius 3 is 2.54 bits per heavy atom. The van der Waals surface area contributed by atoms with E-state index < -0.39 is 0 Å². The van der Waals surface area contributed by atoms with Crippen molar-refractivity contribution in [2.45, 2.75) is 38.8 Å². The number of carbonyl (C=O) groups excluding carboxylic acids is 1. The summed E-state index contributed by atoms with van der Waals surface area (Å²) in [5.41, 5.74) is 1.92. The smallest absolute Gasteiger partial charge is 0.288 e. The Kier molecular flexibility index (Phi) is 4.29. The van der Waals surface area contributed by atoms with E-state index in [0.717, 1.165) is 30.6 Å². The van der Waals surface area contributed by atoms with Gasteiger partial charge in [-0.3, -0.25) is 4.79 Å². The fourth-order valence-electron chi connectivity index (χ4n) is 3.13. The first-order chi connectivity index (χ1) is 11.7. The van der Waals surface area contributed by atoms with Crippen molar-refractivity contribution in [3.8, 4) is 0 Å². The normalized spacial score (nSPS) is 25.9. The fourth-order valence-corrected chi connectivity index (χ4v) is 3.13. The first kappa shape index (κ1) is 15.7. The van der Waals surface area contributed by atoms with Gasteiger partial charge in [-0.25, -0.2) is 0 Å². The molecule has 128 valence electrons. The summed E-state index contributed by atoms with van der Waals surface area (Å²) in [6.45, 7) is 2.15. The van der Waals surface area contributed by atoms with Crippen molar-refractivity contribution in [3.05, 3.63) is 47.2 Å². The molecule has 1 aromatic carbocycles. The highest BCUT2D eigenvalue weighted by Crippen LogP contribution is 2.43. The minimum Gasteiger partial charge on any atom is -0.459 e. The molecule has 5 heteroatoms. The van der Waals surface area contributed by atoms with Crippen LogP contribution in [0.15, 0.2) is 36.1 Å². The zero-order chi connectivity index (χ0) is 16.5. The molecule has 0 unspecified atom stereocenters. The third-order valence-corrected chi connectivity index (χ3v) is 4.90. The van der Waals surface area contributed by atoms with Gasteiger partial charge in [0.1, 0.15) is 0 Å². The molecule has 0 radical (unpaired) electrons. The fraction of sp³-hybridized carbons (Fsp3) is 0.526. The van der Waals surface area contributed by atoms with Crippen LogP contribution in [0.4, 0.5) is 0 Å². The van der Waals surface area contributed by atoms with E-state index in [1.807, 2.05) is 30.3 Å². The maximum absolute atomic E-state index is 12.3. The van der Waals surface area contributed by atoms with Crippen LogP contribution in [0.2, 0.25) is 0 Å². The van der Waals surface area contributed by atoms with Crippen LogP contribution in [0.5, 0.6) is 0 Å². The quantitative estimate of drug-likeness (QED) is 0.813. The largest absolute Gasteiger partial charge is 0.459 e. The number of aliphatic hydroxyl groups excluding tert-OH is 1. The third-order valence-electron chi connectivity index (χ3n) is 4.90. The number of amides is 1. The molecular formula is C19H23NO4. The number of aliphatic hydroxyl groups is 1. The van der Waals surface area contributed by atoms with E-state index in [0.29, 0.717) is 24.2 Å². The van der Waals surface area contributed by atoms with Gasteiger partial charge in [-0.2, -0.15) is 0 Å². The van der Waals surface area contributed by atoms with Crippen LogP contribution in [-0.2, 0) is 27.5 Å². The number of benzene rings is 1. The van der Waals surface area contributed by atoms with Gasteiger partial charge in [-0.15, -0.1) is 0 Å². The second kappa shape index (κ2) is 6.57. The Morgan fingerprint density at radius 2 is 1.92 bits per heavy atom. The summed E-state index contributed by atoms with van der Waals surface area (Å²) < 4.78 is 11.8. The van der Waals surface area contributed by atoms with Gasteiger partial charge in [0.15, 0.2) is 5.76 Å². The van der Waals surface area contributed by atoms with Crippen LogP contribution in [0.3, 0.4) is 0 Å². The van der Waals surface area contributed by atoms with Crippen molar-refractivity contribution in [1.29, 1.82) is 0 Å². The van der Waals surface area contributed by atoms with Crippen LogP contribution in [-0.4, -0.2) is 35.3 Å². The van der Waals surface area contributed by atoms with Crippen LogP contribution < -0.4 is 0 Å². The Morgan fingerprint density at radius 1 is 1.21 bits per heavy atom. The number of hydrogen-bond acceptors (Lipinski definition) is 4. The van der Waals surface area contributed by atoms with E-state index in [1.165, 1.54) is 12.8 Å². The van der Waals surface area contributed by atoms with E-state index in [4.69, 9.17) is 14.6 Å². The maximum Gasteiger partial charge on any atom is 0.288 e. The van der Waals surface area contributed by atoms with Crippen molar-refractivity contribution >= 4 is 5.91 Å². The van der Waals surface area contributed by atoms with Crippen molar-refractivity contribution in [2.24, 2.45) is 11.8 Å². The van der Waals surface area contributed by atoms with Crippen molar-refractivity contribution < 1.29 is 19.4 Å². The molecule has 1 aliphatic carbocycles. The minimum absolute atomic E-state index is 0.00116. The number of hydrogen-bond donors (Lipinski definition) is 1. The molecule has 5 nitrogen and oxygen atoms in total. The van der Waals surface area contributed by atoms with Crippen molar-refractivity contribution in [2.75, 3.05) is 13.1 Å².